The number of carbonyl (C=O) groups excluding carboxylic acids is 4. The van der Waals surface area contributed by atoms with E-state index in [0.29, 0.717) is 5.56 Å². The largest absolute Gasteiger partial charge is 0.475 e. The van der Waals surface area contributed by atoms with Crippen molar-refractivity contribution in [1.29, 1.82) is 0 Å². The van der Waals surface area contributed by atoms with Crippen molar-refractivity contribution >= 4 is 49.2 Å². The van der Waals surface area contributed by atoms with Crippen LogP contribution in [0, 0.1) is 0 Å². The number of carboxylic acid groups (broad SMARTS) is 1. The molecule has 1 fully saturated rings. The Labute approximate surface area is 207 Å². The predicted octanol–water partition coefficient (Wildman–Crippen LogP) is -0.530. The van der Waals surface area contributed by atoms with E-state index in [2.05, 4.69) is 0 Å². The molecule has 0 saturated carbocycles. The van der Waals surface area contributed by atoms with Crippen molar-refractivity contribution in [2.75, 3.05) is 6.61 Å². The van der Waals surface area contributed by atoms with Crippen LogP contribution in [-0.4, -0.2) is 80.1 Å². The summed E-state index contributed by atoms with van der Waals surface area (Å²) in [4.78, 5) is 59.0. The maximum absolute atomic E-state index is 12.0. The van der Waals surface area contributed by atoms with Crippen LogP contribution in [0.1, 0.15) is 33.3 Å². The Bertz CT molecular complexity index is 1040. The Balaban J connectivity index is 2.55. The molecule has 194 valence electrons. The van der Waals surface area contributed by atoms with Gasteiger partial charge in [-0.25, -0.2) is 4.79 Å². The Morgan fingerprint density at radius 1 is 0.861 bits per heavy atom. The molecule has 1 saturated heterocycles. The summed E-state index contributed by atoms with van der Waals surface area (Å²) in [5.74, 6) is -5.19. The minimum Gasteiger partial charge on any atom is -0.475 e. The second-order valence-corrected chi connectivity index (χ2v) is 7.86. The number of benzene rings is 1. The third-order valence-corrected chi connectivity index (χ3v) is 4.88. The van der Waals surface area contributed by atoms with Crippen molar-refractivity contribution in [3.63, 3.8) is 0 Å². The van der Waals surface area contributed by atoms with Crippen molar-refractivity contribution in [1.82, 2.24) is 0 Å². The van der Waals surface area contributed by atoms with E-state index in [0.717, 1.165) is 33.2 Å². The van der Waals surface area contributed by atoms with Crippen LogP contribution in [0.15, 0.2) is 30.0 Å². The third kappa shape index (κ3) is 8.12. The van der Waals surface area contributed by atoms with Crippen molar-refractivity contribution in [3.8, 4) is 0 Å². The Morgan fingerprint density at radius 2 is 1.42 bits per heavy atom. The molecule has 1 aliphatic rings. The summed E-state index contributed by atoms with van der Waals surface area (Å²) in [6.07, 6.45) is -6.11. The number of carbonyl (C=O) groups is 5. The SMILES string of the molecule is Bc1ccccc1/C=C(\O[C@H]1O[C@@H](COC(C)=O)[C@H](OC(C)=O)[C@@H](OC(C)=O)[C@@H]1OC(C)=O)C(=O)O. The zero-order valence-electron chi connectivity index (χ0n) is 20.4. The number of rotatable bonds is 9. The fraction of sp³-hybridized carbons (Fsp3) is 0.435. The highest BCUT2D eigenvalue weighted by atomic mass is 16.7. The average molecular weight is 506 g/mol. The minimum atomic E-state index is -1.66. The Kier molecular flexibility index (Phi) is 10.0. The molecule has 1 aromatic carbocycles. The molecule has 0 aromatic heterocycles. The van der Waals surface area contributed by atoms with E-state index in [-0.39, 0.29) is 0 Å². The van der Waals surface area contributed by atoms with Gasteiger partial charge in [-0.2, -0.15) is 0 Å². The summed E-state index contributed by atoms with van der Waals surface area (Å²) in [6.45, 7) is 3.89. The summed E-state index contributed by atoms with van der Waals surface area (Å²) in [5.41, 5.74) is 1.28. The summed E-state index contributed by atoms with van der Waals surface area (Å²) in [5, 5.41) is 9.77. The van der Waals surface area contributed by atoms with E-state index in [1.165, 1.54) is 6.08 Å². The predicted molar refractivity (Wildman–Crippen MR) is 123 cm³/mol. The first kappa shape index (κ1) is 28.4. The molecule has 0 unspecified atom stereocenters. The van der Waals surface area contributed by atoms with Gasteiger partial charge in [0, 0.05) is 27.7 Å². The van der Waals surface area contributed by atoms with Crippen LogP contribution in [0.3, 0.4) is 0 Å². The maximum atomic E-state index is 12.0. The van der Waals surface area contributed by atoms with Crippen molar-refractivity contribution in [2.45, 2.75) is 58.4 Å². The van der Waals surface area contributed by atoms with Crippen molar-refractivity contribution in [3.05, 3.63) is 35.6 Å². The van der Waals surface area contributed by atoms with E-state index in [1.54, 1.807) is 32.1 Å². The van der Waals surface area contributed by atoms with Crippen LogP contribution in [0.2, 0.25) is 0 Å². The summed E-state index contributed by atoms with van der Waals surface area (Å²) in [7, 11) is 1.76. The number of ether oxygens (including phenoxy) is 6. The van der Waals surface area contributed by atoms with Gasteiger partial charge in [0.25, 0.3) is 0 Å². The first-order chi connectivity index (χ1) is 16.9. The zero-order valence-corrected chi connectivity index (χ0v) is 20.4. The standard InChI is InChI=1S/C23H27BO12/c1-11(25)31-10-18-19(32-12(2)26)20(33-13(3)27)21(34-14(4)28)23(36-18)35-17(22(29)30)9-15-7-5-6-8-16(15)24/h5-9,18-21,23H,10,24H2,1-4H3,(H,29,30)/b17-9-/t18-,19-,20+,21-,23-/m0/s1. The second-order valence-electron chi connectivity index (χ2n) is 7.86. The van der Waals surface area contributed by atoms with Crippen LogP contribution in [0.25, 0.3) is 6.08 Å². The topological polar surface area (TPSA) is 161 Å². The molecule has 0 amide bonds. The van der Waals surface area contributed by atoms with Gasteiger partial charge in [-0.05, 0) is 11.6 Å². The smallest absolute Gasteiger partial charge is 0.371 e. The molecular formula is C23H27BO12. The molecule has 0 bridgehead atoms. The molecule has 1 N–H and O–H groups in total. The van der Waals surface area contributed by atoms with Gasteiger partial charge in [-0.1, -0.05) is 29.7 Å². The monoisotopic (exact) mass is 506 g/mol. The third-order valence-electron chi connectivity index (χ3n) is 4.88. The number of hydrogen-bond acceptors (Lipinski definition) is 11. The first-order valence-corrected chi connectivity index (χ1v) is 10.9. The van der Waals surface area contributed by atoms with Gasteiger partial charge in [0.2, 0.25) is 18.2 Å². The van der Waals surface area contributed by atoms with Gasteiger partial charge in [0.15, 0.2) is 12.2 Å². The van der Waals surface area contributed by atoms with Crippen LogP contribution in [0.4, 0.5) is 0 Å². The van der Waals surface area contributed by atoms with Gasteiger partial charge in [-0.15, -0.1) is 0 Å². The molecule has 0 aliphatic carbocycles. The van der Waals surface area contributed by atoms with Crippen LogP contribution in [-0.2, 0) is 52.4 Å². The zero-order chi connectivity index (χ0) is 27.0. The fourth-order valence-electron chi connectivity index (χ4n) is 3.44. The molecule has 1 aromatic rings. The highest BCUT2D eigenvalue weighted by molar-refractivity contribution is 6.34. The average Bonchev–Trinajstić information content (AvgIpc) is 2.76. The number of esters is 4. The fourth-order valence-corrected chi connectivity index (χ4v) is 3.44. The molecular weight excluding hydrogens is 479 g/mol. The van der Waals surface area contributed by atoms with Gasteiger partial charge < -0.3 is 33.5 Å². The molecule has 1 heterocycles. The van der Waals surface area contributed by atoms with E-state index in [9.17, 15) is 29.1 Å². The number of carboxylic acids is 1. The molecule has 13 heteroatoms. The normalized spacial score (nSPS) is 23.7. The van der Waals surface area contributed by atoms with Crippen molar-refractivity contribution < 1.29 is 57.5 Å². The molecule has 0 radical (unpaired) electrons. The lowest BCUT2D eigenvalue weighted by Gasteiger charge is -2.43. The number of hydrogen-bond donors (Lipinski definition) is 1. The minimum absolute atomic E-state index is 0.471. The lowest BCUT2D eigenvalue weighted by molar-refractivity contribution is -0.299. The molecule has 2 rings (SSSR count). The van der Waals surface area contributed by atoms with E-state index >= 15 is 0 Å². The summed E-state index contributed by atoms with van der Waals surface area (Å²) < 4.78 is 32.2. The van der Waals surface area contributed by atoms with E-state index in [4.69, 9.17) is 28.4 Å². The molecule has 1 aliphatic heterocycles. The van der Waals surface area contributed by atoms with E-state index in [1.807, 2.05) is 0 Å². The lowest BCUT2D eigenvalue weighted by atomic mass is 9.90. The van der Waals surface area contributed by atoms with Crippen LogP contribution < -0.4 is 5.46 Å². The Hall–Kier alpha value is -3.87. The summed E-state index contributed by atoms with van der Waals surface area (Å²) >= 11 is 0. The molecule has 5 atom stereocenters. The van der Waals surface area contributed by atoms with Crippen molar-refractivity contribution in [2.24, 2.45) is 0 Å². The highest BCUT2D eigenvalue weighted by Gasteiger charge is 2.53. The van der Waals surface area contributed by atoms with Gasteiger partial charge in [0.1, 0.15) is 20.6 Å². The quantitative estimate of drug-likeness (QED) is 0.150. The first-order valence-electron chi connectivity index (χ1n) is 10.9. The molecule has 0 spiro atoms. The van der Waals surface area contributed by atoms with Crippen LogP contribution in [0.5, 0.6) is 0 Å². The second kappa shape index (κ2) is 12.7. The number of aliphatic carboxylic acids is 1. The van der Waals surface area contributed by atoms with Crippen LogP contribution >= 0.6 is 0 Å². The van der Waals surface area contributed by atoms with E-state index < -0.39 is 72.9 Å². The molecule has 12 nitrogen and oxygen atoms in total. The van der Waals surface area contributed by atoms with Gasteiger partial charge in [0.05, 0.1) is 0 Å². The highest BCUT2D eigenvalue weighted by Crippen LogP contribution is 2.31. The molecule has 36 heavy (non-hydrogen) atoms. The maximum Gasteiger partial charge on any atom is 0.371 e. The van der Waals surface area contributed by atoms with Gasteiger partial charge in [-0.3, -0.25) is 19.2 Å². The summed E-state index contributed by atoms with van der Waals surface area (Å²) in [6, 6.07) is 6.90. The van der Waals surface area contributed by atoms with Gasteiger partial charge >= 0.3 is 29.8 Å². The lowest BCUT2D eigenvalue weighted by Crippen LogP contribution is -2.63. The Morgan fingerprint density at radius 3 is 1.94 bits per heavy atom.